The summed E-state index contributed by atoms with van der Waals surface area (Å²) in [5, 5.41) is 4.98. The minimum Gasteiger partial charge on any atom is -0.493 e. The zero-order valence-electron chi connectivity index (χ0n) is 24.4. The second kappa shape index (κ2) is 13.2. The van der Waals surface area contributed by atoms with E-state index in [0.29, 0.717) is 29.5 Å². The van der Waals surface area contributed by atoms with Gasteiger partial charge in [0.2, 0.25) is 5.88 Å². The Labute approximate surface area is 254 Å². The highest BCUT2D eigenvalue weighted by molar-refractivity contribution is 6.30. The smallest absolute Gasteiger partial charge is 0.416 e. The molecule has 0 aliphatic carbocycles. The Balaban J connectivity index is 1.38. The number of amides is 1. The number of halogens is 1. The second-order valence-electron chi connectivity index (χ2n) is 9.83. The van der Waals surface area contributed by atoms with Crippen molar-refractivity contribution in [1.82, 2.24) is 19.2 Å². The van der Waals surface area contributed by atoms with Crippen LogP contribution >= 0.6 is 11.6 Å². The van der Waals surface area contributed by atoms with Gasteiger partial charge in [0, 0.05) is 48.2 Å². The zero-order chi connectivity index (χ0) is 30.5. The number of likely N-dealkylation sites (N-methyl/N-ethyl adjacent to an activating group) is 1. The zero-order valence-corrected chi connectivity index (χ0v) is 25.1. The molecule has 0 saturated carbocycles. The molecule has 5 rings (SSSR count). The topological polar surface area (TPSA) is 106 Å². The van der Waals surface area contributed by atoms with Crippen molar-refractivity contribution in [2.45, 2.75) is 32.1 Å². The summed E-state index contributed by atoms with van der Waals surface area (Å²) in [5.41, 5.74) is 3.61. The Hall–Kier alpha value is -4.48. The van der Waals surface area contributed by atoms with Crippen molar-refractivity contribution in [3.63, 3.8) is 0 Å². The van der Waals surface area contributed by atoms with E-state index in [4.69, 9.17) is 35.3 Å². The molecule has 3 heterocycles. The first kappa shape index (κ1) is 30.0. The van der Waals surface area contributed by atoms with E-state index in [-0.39, 0.29) is 25.1 Å². The molecule has 0 saturated heterocycles. The molecule has 2 aromatic heterocycles. The summed E-state index contributed by atoms with van der Waals surface area (Å²) < 4.78 is 32.3. The number of carbonyl (C=O) groups is 2. The van der Waals surface area contributed by atoms with Crippen molar-refractivity contribution in [3.05, 3.63) is 88.8 Å². The number of aromatic nitrogens is 3. The Bertz CT molecular complexity index is 1600. The van der Waals surface area contributed by atoms with Crippen LogP contribution < -0.4 is 14.2 Å². The summed E-state index contributed by atoms with van der Waals surface area (Å²) in [6.45, 7) is 2.17. The molecular weight excluding hydrogens is 576 g/mol. The van der Waals surface area contributed by atoms with E-state index < -0.39 is 18.2 Å². The lowest BCUT2D eigenvalue weighted by Gasteiger charge is -2.25. The first-order valence-corrected chi connectivity index (χ1v) is 14.2. The molecule has 1 aliphatic heterocycles. The van der Waals surface area contributed by atoms with E-state index in [9.17, 15) is 9.59 Å². The normalized spacial score (nSPS) is 15.6. The monoisotopic (exact) mass is 608 g/mol. The van der Waals surface area contributed by atoms with Crippen LogP contribution in [-0.2, 0) is 20.8 Å². The van der Waals surface area contributed by atoms with E-state index >= 15 is 0 Å². The van der Waals surface area contributed by atoms with E-state index in [2.05, 4.69) is 9.67 Å². The minimum absolute atomic E-state index is 0.118. The highest BCUT2D eigenvalue weighted by atomic mass is 35.5. The second-order valence-corrected chi connectivity index (χ2v) is 10.3. The summed E-state index contributed by atoms with van der Waals surface area (Å²) >= 11 is 6.50. The van der Waals surface area contributed by atoms with Gasteiger partial charge in [-0.3, -0.25) is 14.4 Å². The first-order chi connectivity index (χ1) is 20.8. The van der Waals surface area contributed by atoms with Crippen LogP contribution in [0.2, 0.25) is 5.02 Å². The fourth-order valence-corrected chi connectivity index (χ4v) is 5.30. The number of fused-ring (bicyclic) bond motifs is 3. The number of hydrogen-bond donors (Lipinski definition) is 0. The predicted molar refractivity (Wildman–Crippen MR) is 158 cm³/mol. The van der Waals surface area contributed by atoms with Crippen molar-refractivity contribution < 1.29 is 33.3 Å². The van der Waals surface area contributed by atoms with Gasteiger partial charge in [-0.25, -0.2) is 4.79 Å². The number of benzene rings is 2. The lowest BCUT2D eigenvalue weighted by molar-refractivity contribution is -0.143. The number of hydrogen-bond acceptors (Lipinski definition) is 8. The summed E-state index contributed by atoms with van der Waals surface area (Å²) in [7, 11) is 4.66. The number of aryl methyl sites for hydroxylation is 1. The largest absolute Gasteiger partial charge is 0.493 e. The van der Waals surface area contributed by atoms with Gasteiger partial charge in [0.15, 0.2) is 11.5 Å². The molecule has 0 fully saturated rings. The van der Waals surface area contributed by atoms with E-state index in [1.165, 1.54) is 7.05 Å². The van der Waals surface area contributed by atoms with E-state index in [1.807, 2.05) is 54.7 Å². The van der Waals surface area contributed by atoms with Crippen molar-refractivity contribution >= 4 is 23.7 Å². The summed E-state index contributed by atoms with van der Waals surface area (Å²) in [6.07, 6.45) is 2.69. The number of rotatable bonds is 10. The van der Waals surface area contributed by atoms with Crippen LogP contribution in [0.15, 0.2) is 67.0 Å². The number of carbonyl (C=O) groups excluding carboxylic acids is 2. The Morgan fingerprint density at radius 3 is 2.65 bits per heavy atom. The number of para-hydroxylation sites is 1. The third kappa shape index (κ3) is 6.47. The van der Waals surface area contributed by atoms with Gasteiger partial charge >= 0.3 is 12.1 Å². The molecule has 12 heteroatoms. The van der Waals surface area contributed by atoms with Gasteiger partial charge in [0.1, 0.15) is 18.8 Å². The number of esters is 1. The van der Waals surface area contributed by atoms with Gasteiger partial charge in [-0.2, -0.15) is 0 Å². The average Bonchev–Trinajstić information content (AvgIpc) is 3.64. The number of ether oxygens (including phenoxy) is 5. The third-order valence-corrected chi connectivity index (χ3v) is 7.30. The quantitative estimate of drug-likeness (QED) is 0.215. The average molecular weight is 609 g/mol. The lowest BCUT2D eigenvalue weighted by atomic mass is 9.98. The van der Waals surface area contributed by atoms with Crippen LogP contribution in [0.25, 0.3) is 5.69 Å². The fourth-order valence-electron chi connectivity index (χ4n) is 5.12. The molecule has 0 unspecified atom stereocenters. The molecule has 2 aromatic carbocycles. The Kier molecular flexibility index (Phi) is 9.22. The highest BCUT2D eigenvalue weighted by Crippen LogP contribution is 2.46. The standard InChI is InChI=1S/C31H33ClN4O7/c1-5-41-28(37)19-34(2)31(38)43-27-14-17-35(33-27)16-13-25-24-9-7-15-36(24)23-12-11-20(32)18-22(23)29(42-25)21-8-6-10-26(39-3)30(21)40-4/h6-12,14-15,17-18,25,29H,5,13,16,19H2,1-4H3/t25-,29-/m1/s1. The molecule has 11 nitrogen and oxygen atoms in total. The lowest BCUT2D eigenvalue weighted by Crippen LogP contribution is -2.35. The third-order valence-electron chi connectivity index (χ3n) is 7.07. The van der Waals surface area contributed by atoms with Crippen LogP contribution in [0.4, 0.5) is 4.79 Å². The predicted octanol–water partition coefficient (Wildman–Crippen LogP) is 5.59. The maximum Gasteiger partial charge on any atom is 0.416 e. The van der Waals surface area contributed by atoms with Gasteiger partial charge in [0.25, 0.3) is 0 Å². The van der Waals surface area contributed by atoms with Gasteiger partial charge in [0.05, 0.1) is 32.2 Å². The van der Waals surface area contributed by atoms with Crippen LogP contribution in [0.3, 0.4) is 0 Å². The molecule has 0 N–H and O–H groups in total. The molecule has 2 atom stereocenters. The van der Waals surface area contributed by atoms with Gasteiger partial charge in [-0.1, -0.05) is 23.7 Å². The molecule has 1 aliphatic rings. The SMILES string of the molecule is CCOC(=O)CN(C)C(=O)Oc1ccn(CC[C@H]2O[C@H](c3cccc(OC)c3OC)c3cc(Cl)ccc3-n3cccc32)n1. The first-order valence-electron chi connectivity index (χ1n) is 13.8. The van der Waals surface area contributed by atoms with Crippen molar-refractivity contribution in [2.75, 3.05) is 34.4 Å². The molecular formula is C31H33ClN4O7. The maximum atomic E-state index is 12.4. The van der Waals surface area contributed by atoms with Crippen LogP contribution in [0, 0.1) is 0 Å². The van der Waals surface area contributed by atoms with E-state index in [0.717, 1.165) is 27.4 Å². The molecule has 1 amide bonds. The minimum atomic E-state index is -0.713. The van der Waals surface area contributed by atoms with Crippen molar-refractivity contribution in [2.24, 2.45) is 0 Å². The number of methoxy groups -OCH3 is 2. The Morgan fingerprint density at radius 2 is 1.88 bits per heavy atom. The van der Waals surface area contributed by atoms with Crippen LogP contribution in [-0.4, -0.2) is 65.7 Å². The van der Waals surface area contributed by atoms with Gasteiger partial charge < -0.3 is 28.3 Å². The van der Waals surface area contributed by atoms with Gasteiger partial charge in [-0.15, -0.1) is 5.10 Å². The highest BCUT2D eigenvalue weighted by Gasteiger charge is 2.33. The van der Waals surface area contributed by atoms with Crippen LogP contribution in [0.1, 0.15) is 42.4 Å². The molecule has 0 bridgehead atoms. The van der Waals surface area contributed by atoms with Gasteiger partial charge in [-0.05, 0) is 49.7 Å². The Morgan fingerprint density at radius 1 is 1.05 bits per heavy atom. The summed E-state index contributed by atoms with van der Waals surface area (Å²) in [4.78, 5) is 25.2. The molecule has 4 aromatic rings. The van der Waals surface area contributed by atoms with Crippen molar-refractivity contribution in [3.8, 4) is 23.1 Å². The van der Waals surface area contributed by atoms with Crippen LogP contribution in [0.5, 0.6) is 17.4 Å². The summed E-state index contributed by atoms with van der Waals surface area (Å²) in [5.74, 6) is 0.777. The van der Waals surface area contributed by atoms with Crippen molar-refractivity contribution in [1.29, 1.82) is 0 Å². The maximum absolute atomic E-state index is 12.4. The molecule has 0 spiro atoms. The molecule has 43 heavy (non-hydrogen) atoms. The number of nitrogens with zero attached hydrogens (tertiary/aromatic N) is 4. The molecule has 226 valence electrons. The molecule has 0 radical (unpaired) electrons. The van der Waals surface area contributed by atoms with E-state index in [1.54, 1.807) is 38.1 Å². The fraction of sp³-hybridized carbons (Fsp3) is 0.323. The summed E-state index contributed by atoms with van der Waals surface area (Å²) in [6, 6.07) is 17.1.